The van der Waals surface area contributed by atoms with Crippen LogP contribution in [0.2, 0.25) is 0 Å². The Hall–Kier alpha value is -1.99. The molecule has 0 aromatic heterocycles. The summed E-state index contributed by atoms with van der Waals surface area (Å²) in [6.07, 6.45) is -37.2. The van der Waals surface area contributed by atoms with Crippen molar-refractivity contribution in [1.29, 1.82) is 0 Å². The highest BCUT2D eigenvalue weighted by Gasteiger charge is 2.58. The molecule has 22 heterocycles. The summed E-state index contributed by atoms with van der Waals surface area (Å²) in [6.45, 7) is -3.73. The van der Waals surface area contributed by atoms with Crippen LogP contribution >= 0.6 is 0 Å². The van der Waals surface area contributed by atoms with Gasteiger partial charge in [0.2, 0.25) is 0 Å². The van der Waals surface area contributed by atoms with Gasteiger partial charge in [0.05, 0.1) is 39.6 Å². The maximum absolute atomic E-state index is 11.2. The fourth-order valence-electron chi connectivity index (χ4n) is 11.3. The van der Waals surface area contributed by atoms with E-state index in [1.807, 2.05) is 0 Å². The van der Waals surface area contributed by atoms with Crippen molar-refractivity contribution in [3.63, 3.8) is 0 Å². The monoisotopic (exact) mass is 1250 g/mol. The van der Waals surface area contributed by atoms with Crippen LogP contribution in [0.4, 0.5) is 0 Å². The zero-order valence-electron chi connectivity index (χ0n) is 47.9. The first-order valence-electron chi connectivity index (χ1n) is 29.7. The van der Waals surface area contributed by atoms with Crippen LogP contribution in [0.1, 0.15) is 96.8 Å². The second-order valence-corrected chi connectivity index (χ2v) is 22.6. The minimum Gasteiger partial charge on any atom is -0.481 e. The molecular weight excluding hydrogens is 1160 g/mol. The molecule has 19 N–H and O–H groups in total. The van der Waals surface area contributed by atoms with Crippen LogP contribution in [0, 0.1) is 0 Å². The molecule has 0 aromatic rings. The van der Waals surface area contributed by atoms with Gasteiger partial charge in [0, 0.05) is 6.42 Å². The van der Waals surface area contributed by atoms with Crippen LogP contribution in [0.3, 0.4) is 0 Å². The molecule has 0 amide bonds. The summed E-state index contributed by atoms with van der Waals surface area (Å²) in [5.41, 5.74) is 0. The van der Waals surface area contributed by atoms with E-state index in [0.717, 1.165) is 12.8 Å². The lowest BCUT2D eigenvalue weighted by molar-refractivity contribution is -0.404. The Morgan fingerprint density at radius 3 is 0.686 bits per heavy atom. The number of aliphatic hydroxyl groups is 18. The molecule has 86 heavy (non-hydrogen) atoms. The number of ether oxygens (including phenoxy) is 12. The number of aliphatic hydroxyl groups excluding tert-OH is 18. The maximum atomic E-state index is 11.2. The third-order valence-electron chi connectivity index (χ3n) is 16.3. The fourth-order valence-corrected chi connectivity index (χ4v) is 11.3. The highest BCUT2D eigenvalue weighted by Crippen LogP contribution is 2.38. The quantitative estimate of drug-likeness (QED) is 0.0375. The standard InChI is InChI=1S/C36H60O30.C18H34O2/c37-1-7-25-13(43)19(49)31(55-7)62-26-8(2-38)57-33(21(51)15(26)45)64-28-10(4-40)59-35(23(53)17(28)47)66-30-12(6-42)60-36(24(54)18(30)48)65-29-11(5-41)58-34(22(52)16(29)46)63-27-9(3-39)56-32(61-25)20(50)14(27)44;1-2-3-4-5-6-7-8-9-10-11-12-13-14-15-16-17-18(19)20/h7-54H,1-6H2;9-10H,2-8,11-17H2,1H3,(H,19,20)/b;10-9-/t7-,8-,9-,10-,11-,12-,13-,14-,15-,16-,17-,18-,19-,20-,21-,22-,23-,24-,25-,26-,27-,28-,29-,30-,31-,32-,33-,34-,35-,36-;/m1./s1. The first-order valence-corrected chi connectivity index (χ1v) is 29.7. The van der Waals surface area contributed by atoms with Crippen LogP contribution in [0.5, 0.6) is 0 Å². The molecular formula is C54H94O32. The normalized spacial score (nSPS) is 45.1. The Labute approximate surface area is 496 Å². The predicted octanol–water partition coefficient (Wildman–Crippen LogP) is -6.95. The van der Waals surface area contributed by atoms with E-state index < -0.39 is 230 Å². The Kier molecular flexibility index (Phi) is 30.4. The van der Waals surface area contributed by atoms with Gasteiger partial charge in [0.1, 0.15) is 146 Å². The third-order valence-corrected chi connectivity index (χ3v) is 16.3. The topological polar surface area (TPSA) is 512 Å². The summed E-state index contributed by atoms with van der Waals surface area (Å²) in [4.78, 5) is 10.3. The van der Waals surface area contributed by atoms with Gasteiger partial charge in [-0.1, -0.05) is 70.4 Å². The van der Waals surface area contributed by atoms with Gasteiger partial charge in [-0.3, -0.25) is 4.79 Å². The van der Waals surface area contributed by atoms with E-state index in [1.165, 1.54) is 70.6 Å². The lowest BCUT2D eigenvalue weighted by Gasteiger charge is -2.50. The minimum absolute atomic E-state index is 0.332. The lowest BCUT2D eigenvalue weighted by atomic mass is 9.94. The molecule has 12 bridgehead atoms. The minimum atomic E-state index is -2.15. The predicted molar refractivity (Wildman–Crippen MR) is 283 cm³/mol. The van der Waals surface area contributed by atoms with Crippen molar-refractivity contribution in [2.24, 2.45) is 0 Å². The molecule has 0 unspecified atom stereocenters. The Bertz CT molecular complexity index is 1660. The first-order chi connectivity index (χ1) is 41.2. The first kappa shape index (κ1) is 73.1. The molecule has 22 rings (SSSR count). The van der Waals surface area contributed by atoms with Gasteiger partial charge in [-0.25, -0.2) is 0 Å². The molecule has 0 saturated carbocycles. The number of carboxylic acid groups (broad SMARTS) is 1. The number of unbranched alkanes of at least 4 members (excludes halogenated alkanes) is 11. The SMILES string of the molecule is CCCCCCCC/C=C\CCCCCCCC(=O)O.OC[C@H]1O[C@@H]2O[C@H]3[C@H](O)[C@@H](O)[C@@H](O[C@H]4[C@H](O)[C@@H](O)[C@@H](O[C@H]5[C@H](O)[C@@H](O)[C@@H](O[C@H]6[C@H](O)[C@@H](O)[C@@H](O[C@H]7[C@H](O)[C@@H](O)[C@@H](O[C@H]1[C@H](O)[C@H]2O)O[C@@H]7CO)O[C@@H]6CO)O[C@@H]5CO)O[C@@H]4CO)O[C@@H]3CO. The summed E-state index contributed by atoms with van der Waals surface area (Å²) in [5, 5.41) is 204. The Balaban J connectivity index is 0.000000505. The van der Waals surface area contributed by atoms with Gasteiger partial charge in [-0.15, -0.1) is 0 Å². The molecule has 22 saturated heterocycles. The number of hydrogen-bond donors (Lipinski definition) is 19. The molecule has 32 heteroatoms. The summed E-state index contributed by atoms with van der Waals surface area (Å²) in [6, 6.07) is 0. The van der Waals surface area contributed by atoms with Gasteiger partial charge in [0.25, 0.3) is 0 Å². The van der Waals surface area contributed by atoms with Crippen LogP contribution < -0.4 is 0 Å². The van der Waals surface area contributed by atoms with Crippen molar-refractivity contribution >= 4 is 5.97 Å². The van der Waals surface area contributed by atoms with E-state index in [0.29, 0.717) is 6.42 Å². The Morgan fingerprint density at radius 2 is 0.488 bits per heavy atom. The number of hydrogen-bond acceptors (Lipinski definition) is 31. The van der Waals surface area contributed by atoms with Crippen molar-refractivity contribution in [2.45, 2.75) is 281 Å². The highest BCUT2D eigenvalue weighted by molar-refractivity contribution is 5.66. The number of carbonyl (C=O) groups is 1. The molecule has 22 fully saturated rings. The van der Waals surface area contributed by atoms with Crippen molar-refractivity contribution in [3.8, 4) is 0 Å². The molecule has 0 radical (unpaired) electrons. The molecule has 22 aliphatic heterocycles. The van der Waals surface area contributed by atoms with E-state index in [9.17, 15) is 96.7 Å². The van der Waals surface area contributed by atoms with Gasteiger partial charge in [-0.05, 0) is 32.1 Å². The molecule has 0 spiro atoms. The molecule has 22 aliphatic rings. The van der Waals surface area contributed by atoms with E-state index in [2.05, 4.69) is 19.1 Å². The van der Waals surface area contributed by atoms with Gasteiger partial charge in [0.15, 0.2) is 37.7 Å². The molecule has 30 atom stereocenters. The molecule has 502 valence electrons. The zero-order valence-corrected chi connectivity index (χ0v) is 47.9. The average molecular weight is 1260 g/mol. The average Bonchev–Trinajstić information content (AvgIpc) is 3.07. The smallest absolute Gasteiger partial charge is 0.303 e. The summed E-state index contributed by atoms with van der Waals surface area (Å²) in [7, 11) is 0. The summed E-state index contributed by atoms with van der Waals surface area (Å²) < 4.78 is 67.9. The molecule has 0 aromatic carbocycles. The molecule has 32 nitrogen and oxygen atoms in total. The van der Waals surface area contributed by atoms with Crippen molar-refractivity contribution < 1.29 is 159 Å². The maximum Gasteiger partial charge on any atom is 0.303 e. The number of aliphatic carboxylic acids is 1. The number of allylic oxidation sites excluding steroid dienone is 2. The van der Waals surface area contributed by atoms with E-state index in [4.69, 9.17) is 61.9 Å². The van der Waals surface area contributed by atoms with Crippen LogP contribution in [-0.4, -0.2) is 327 Å². The van der Waals surface area contributed by atoms with Crippen molar-refractivity contribution in [1.82, 2.24) is 0 Å². The number of rotatable bonds is 21. The zero-order chi connectivity index (χ0) is 62.9. The Morgan fingerprint density at radius 1 is 0.291 bits per heavy atom. The van der Waals surface area contributed by atoms with Gasteiger partial charge >= 0.3 is 5.97 Å². The van der Waals surface area contributed by atoms with Gasteiger partial charge in [-0.2, -0.15) is 0 Å². The lowest BCUT2D eigenvalue weighted by Crippen LogP contribution is -2.69. The number of carboxylic acids is 1. The fraction of sp³-hybridized carbons (Fsp3) is 0.944. The van der Waals surface area contributed by atoms with E-state index in [-0.39, 0.29) is 0 Å². The highest BCUT2D eigenvalue weighted by atomic mass is 16.8. The van der Waals surface area contributed by atoms with Crippen LogP contribution in [-0.2, 0) is 61.6 Å². The van der Waals surface area contributed by atoms with E-state index >= 15 is 0 Å². The van der Waals surface area contributed by atoms with Crippen LogP contribution in [0.25, 0.3) is 0 Å². The van der Waals surface area contributed by atoms with Crippen molar-refractivity contribution in [2.75, 3.05) is 39.6 Å². The second kappa shape index (κ2) is 35.7. The largest absolute Gasteiger partial charge is 0.481 e. The molecule has 0 aliphatic carbocycles. The summed E-state index contributed by atoms with van der Waals surface area (Å²) >= 11 is 0. The second-order valence-electron chi connectivity index (χ2n) is 22.6. The van der Waals surface area contributed by atoms with Crippen LogP contribution in [0.15, 0.2) is 12.2 Å². The van der Waals surface area contributed by atoms with Gasteiger partial charge < -0.3 is 154 Å². The third kappa shape index (κ3) is 18.4. The van der Waals surface area contributed by atoms with Crippen molar-refractivity contribution in [3.05, 3.63) is 12.2 Å². The summed E-state index contributed by atoms with van der Waals surface area (Å²) in [5.74, 6) is -0.664. The van der Waals surface area contributed by atoms with E-state index in [1.54, 1.807) is 0 Å².